The van der Waals surface area contributed by atoms with Crippen molar-refractivity contribution >= 4 is 0 Å². The summed E-state index contributed by atoms with van der Waals surface area (Å²) >= 11 is 0. The van der Waals surface area contributed by atoms with Gasteiger partial charge in [0.25, 0.3) is 0 Å². The summed E-state index contributed by atoms with van der Waals surface area (Å²) in [7, 11) is 1.71. The van der Waals surface area contributed by atoms with Gasteiger partial charge in [0.05, 0.1) is 25.9 Å². The molecule has 0 aromatic heterocycles. The number of aliphatic hydroxyl groups is 1. The molecule has 13 heavy (non-hydrogen) atoms. The van der Waals surface area contributed by atoms with Crippen LogP contribution in [0.5, 0.6) is 0 Å². The van der Waals surface area contributed by atoms with E-state index in [0.717, 1.165) is 13.0 Å². The zero-order chi connectivity index (χ0) is 9.90. The van der Waals surface area contributed by atoms with E-state index in [4.69, 9.17) is 9.47 Å². The highest BCUT2D eigenvalue weighted by Crippen LogP contribution is 2.30. The molecule has 1 N–H and O–H groups in total. The van der Waals surface area contributed by atoms with Gasteiger partial charge in [0, 0.05) is 13.0 Å². The fourth-order valence-electron chi connectivity index (χ4n) is 1.94. The van der Waals surface area contributed by atoms with E-state index in [1.807, 2.05) is 0 Å². The molecule has 0 saturated carbocycles. The quantitative estimate of drug-likeness (QED) is 0.717. The van der Waals surface area contributed by atoms with Crippen LogP contribution < -0.4 is 0 Å². The standard InChI is InChI=1S/C10H20O3/c1-10(2,7-12-3)4-8-5-13-6-9(8)11/h8-9,11H,4-7H2,1-3H3. The fourth-order valence-corrected chi connectivity index (χ4v) is 1.94. The molecule has 0 aliphatic carbocycles. The van der Waals surface area contributed by atoms with Gasteiger partial charge in [-0.05, 0) is 11.8 Å². The molecule has 0 spiro atoms. The van der Waals surface area contributed by atoms with E-state index < -0.39 is 0 Å². The lowest BCUT2D eigenvalue weighted by molar-refractivity contribution is 0.0606. The van der Waals surface area contributed by atoms with Crippen LogP contribution in [0.1, 0.15) is 20.3 Å². The lowest BCUT2D eigenvalue weighted by atomic mass is 9.82. The van der Waals surface area contributed by atoms with Crippen molar-refractivity contribution in [1.82, 2.24) is 0 Å². The third-order valence-corrected chi connectivity index (χ3v) is 2.51. The molecule has 3 nitrogen and oxygen atoms in total. The number of methoxy groups -OCH3 is 1. The molecular formula is C10H20O3. The molecule has 1 heterocycles. The van der Waals surface area contributed by atoms with Crippen LogP contribution in [0.15, 0.2) is 0 Å². The Bertz CT molecular complexity index is 156. The third-order valence-electron chi connectivity index (χ3n) is 2.51. The van der Waals surface area contributed by atoms with Crippen LogP contribution in [0.3, 0.4) is 0 Å². The van der Waals surface area contributed by atoms with E-state index in [1.54, 1.807) is 7.11 Å². The smallest absolute Gasteiger partial charge is 0.0823 e. The Morgan fingerprint density at radius 3 is 2.62 bits per heavy atom. The van der Waals surface area contributed by atoms with Crippen molar-refractivity contribution in [2.45, 2.75) is 26.4 Å². The van der Waals surface area contributed by atoms with Crippen LogP contribution in [-0.4, -0.2) is 38.1 Å². The van der Waals surface area contributed by atoms with Crippen molar-refractivity contribution in [2.75, 3.05) is 26.9 Å². The van der Waals surface area contributed by atoms with Crippen LogP contribution in [0.2, 0.25) is 0 Å². The molecule has 1 fully saturated rings. The van der Waals surface area contributed by atoms with Gasteiger partial charge < -0.3 is 14.6 Å². The molecule has 0 radical (unpaired) electrons. The van der Waals surface area contributed by atoms with Crippen molar-refractivity contribution in [3.05, 3.63) is 0 Å². The lowest BCUT2D eigenvalue weighted by Gasteiger charge is -2.27. The normalized spacial score (nSPS) is 29.5. The topological polar surface area (TPSA) is 38.7 Å². The van der Waals surface area contributed by atoms with Crippen LogP contribution in [0.4, 0.5) is 0 Å². The lowest BCUT2D eigenvalue weighted by Crippen LogP contribution is -2.28. The van der Waals surface area contributed by atoms with Gasteiger partial charge in [0.2, 0.25) is 0 Å². The maximum atomic E-state index is 9.55. The van der Waals surface area contributed by atoms with E-state index >= 15 is 0 Å². The molecule has 2 unspecified atom stereocenters. The maximum absolute atomic E-state index is 9.55. The highest BCUT2D eigenvalue weighted by molar-refractivity contribution is 4.80. The zero-order valence-corrected chi connectivity index (χ0v) is 8.75. The van der Waals surface area contributed by atoms with Gasteiger partial charge >= 0.3 is 0 Å². The second-order valence-corrected chi connectivity index (χ2v) is 4.67. The highest BCUT2D eigenvalue weighted by Gasteiger charge is 2.32. The van der Waals surface area contributed by atoms with Crippen molar-refractivity contribution in [1.29, 1.82) is 0 Å². The molecule has 3 heteroatoms. The molecule has 0 aromatic carbocycles. The average molecular weight is 188 g/mol. The van der Waals surface area contributed by atoms with Crippen molar-refractivity contribution in [3.8, 4) is 0 Å². The third kappa shape index (κ3) is 3.25. The zero-order valence-electron chi connectivity index (χ0n) is 8.75. The van der Waals surface area contributed by atoms with Crippen molar-refractivity contribution < 1.29 is 14.6 Å². The predicted octanol–water partition coefficient (Wildman–Crippen LogP) is 1.06. The van der Waals surface area contributed by atoms with E-state index in [2.05, 4.69) is 13.8 Å². The molecule has 1 rings (SSSR count). The minimum atomic E-state index is -0.281. The number of hydrogen-bond donors (Lipinski definition) is 1. The van der Waals surface area contributed by atoms with Gasteiger partial charge in [0.1, 0.15) is 0 Å². The van der Waals surface area contributed by atoms with E-state index in [9.17, 15) is 5.11 Å². The van der Waals surface area contributed by atoms with Crippen LogP contribution in [-0.2, 0) is 9.47 Å². The second-order valence-electron chi connectivity index (χ2n) is 4.67. The summed E-state index contributed by atoms with van der Waals surface area (Å²) in [5.41, 5.74) is 0.133. The summed E-state index contributed by atoms with van der Waals surface area (Å²) in [5.74, 6) is 0.283. The highest BCUT2D eigenvalue weighted by atomic mass is 16.5. The van der Waals surface area contributed by atoms with Crippen LogP contribution in [0.25, 0.3) is 0 Å². The summed E-state index contributed by atoms with van der Waals surface area (Å²) in [6, 6.07) is 0. The van der Waals surface area contributed by atoms with E-state index in [-0.39, 0.29) is 17.4 Å². The van der Waals surface area contributed by atoms with Gasteiger partial charge in [-0.2, -0.15) is 0 Å². The molecule has 0 amide bonds. The predicted molar refractivity (Wildman–Crippen MR) is 50.6 cm³/mol. The fraction of sp³-hybridized carbons (Fsp3) is 1.00. The number of aliphatic hydroxyl groups excluding tert-OH is 1. The minimum Gasteiger partial charge on any atom is -0.390 e. The molecule has 1 saturated heterocycles. The maximum Gasteiger partial charge on any atom is 0.0823 e. The Morgan fingerprint density at radius 1 is 1.46 bits per heavy atom. The number of rotatable bonds is 4. The van der Waals surface area contributed by atoms with E-state index in [1.165, 1.54) is 0 Å². The first-order valence-electron chi connectivity index (χ1n) is 4.80. The molecule has 1 aliphatic heterocycles. The van der Waals surface area contributed by atoms with Gasteiger partial charge in [-0.1, -0.05) is 13.8 Å². The van der Waals surface area contributed by atoms with Crippen LogP contribution >= 0.6 is 0 Å². The average Bonchev–Trinajstić information content (AvgIpc) is 2.35. The first kappa shape index (κ1) is 11.0. The van der Waals surface area contributed by atoms with Crippen molar-refractivity contribution in [2.24, 2.45) is 11.3 Å². The van der Waals surface area contributed by atoms with Crippen molar-refractivity contribution in [3.63, 3.8) is 0 Å². The Balaban J connectivity index is 2.37. The summed E-state index contributed by atoms with van der Waals surface area (Å²) in [5, 5.41) is 9.55. The summed E-state index contributed by atoms with van der Waals surface area (Å²) < 4.78 is 10.3. The molecule has 78 valence electrons. The van der Waals surface area contributed by atoms with Gasteiger partial charge in [-0.3, -0.25) is 0 Å². The van der Waals surface area contributed by atoms with Gasteiger partial charge in [-0.25, -0.2) is 0 Å². The Kier molecular flexibility index (Phi) is 3.71. The van der Waals surface area contributed by atoms with Gasteiger partial charge in [-0.15, -0.1) is 0 Å². The Labute approximate surface area is 80.0 Å². The molecule has 0 aromatic rings. The first-order valence-corrected chi connectivity index (χ1v) is 4.80. The summed E-state index contributed by atoms with van der Waals surface area (Å²) in [6.07, 6.45) is 0.679. The number of ether oxygens (including phenoxy) is 2. The Morgan fingerprint density at radius 2 is 2.15 bits per heavy atom. The summed E-state index contributed by atoms with van der Waals surface area (Å²) in [4.78, 5) is 0. The molecule has 0 bridgehead atoms. The number of hydrogen-bond acceptors (Lipinski definition) is 3. The van der Waals surface area contributed by atoms with Crippen LogP contribution in [0, 0.1) is 11.3 Å². The van der Waals surface area contributed by atoms with E-state index in [0.29, 0.717) is 13.2 Å². The molecule has 2 atom stereocenters. The largest absolute Gasteiger partial charge is 0.390 e. The Hall–Kier alpha value is -0.120. The second kappa shape index (κ2) is 4.40. The summed E-state index contributed by atoms with van der Waals surface area (Å²) in [6.45, 7) is 6.22. The minimum absolute atomic E-state index is 0.133. The van der Waals surface area contributed by atoms with Gasteiger partial charge in [0.15, 0.2) is 0 Å². The monoisotopic (exact) mass is 188 g/mol. The SMILES string of the molecule is COCC(C)(C)CC1COCC1O. The first-order chi connectivity index (χ1) is 6.05. The molecular weight excluding hydrogens is 168 g/mol. The molecule has 1 aliphatic rings.